The molecule has 2 rings (SSSR count). The number of allylic oxidation sites excluding steroid dienone is 2. The van der Waals surface area contributed by atoms with Crippen molar-refractivity contribution in [3.05, 3.63) is 60.2 Å². The summed E-state index contributed by atoms with van der Waals surface area (Å²) in [5.41, 5.74) is 1.19. The van der Waals surface area contributed by atoms with E-state index in [0.717, 1.165) is 19.3 Å². The van der Waals surface area contributed by atoms with Gasteiger partial charge in [-0.1, -0.05) is 54.6 Å². The Morgan fingerprint density at radius 1 is 1.21 bits per heavy atom. The van der Waals surface area contributed by atoms with Crippen LogP contribution in [0.25, 0.3) is 0 Å². The first-order valence-electron chi connectivity index (χ1n) is 10.6. The van der Waals surface area contributed by atoms with Gasteiger partial charge in [0.2, 0.25) is 5.91 Å². The van der Waals surface area contributed by atoms with Gasteiger partial charge in [-0.15, -0.1) is 0 Å². The van der Waals surface area contributed by atoms with E-state index in [1.54, 1.807) is 13.1 Å². The number of rotatable bonds is 11. The number of benzene rings is 1. The van der Waals surface area contributed by atoms with E-state index in [-0.39, 0.29) is 17.7 Å². The quantitative estimate of drug-likeness (QED) is 0.339. The zero-order valence-corrected chi connectivity index (χ0v) is 17.3. The topological polar surface area (TPSA) is 89.8 Å². The smallest absolute Gasteiger partial charge is 0.219 e. The van der Waals surface area contributed by atoms with E-state index in [4.69, 9.17) is 0 Å². The molecule has 29 heavy (non-hydrogen) atoms. The number of hydrogen-bond donors (Lipinski definition) is 4. The van der Waals surface area contributed by atoms with Crippen LogP contribution in [0.2, 0.25) is 0 Å². The van der Waals surface area contributed by atoms with Crippen molar-refractivity contribution in [2.24, 2.45) is 11.8 Å². The fourth-order valence-electron chi connectivity index (χ4n) is 3.90. The minimum Gasteiger partial charge on any atom is -0.393 e. The average Bonchev–Trinajstić information content (AvgIpc) is 3.00. The molecule has 1 aromatic carbocycles. The van der Waals surface area contributed by atoms with Crippen molar-refractivity contribution in [2.75, 3.05) is 7.05 Å². The maximum atomic E-state index is 11.2. The summed E-state index contributed by atoms with van der Waals surface area (Å²) in [5, 5.41) is 33.5. The predicted molar refractivity (Wildman–Crippen MR) is 115 cm³/mol. The van der Waals surface area contributed by atoms with E-state index in [9.17, 15) is 20.1 Å². The molecule has 1 saturated carbocycles. The summed E-state index contributed by atoms with van der Waals surface area (Å²) in [6.45, 7) is 0. The van der Waals surface area contributed by atoms with Gasteiger partial charge in [0.05, 0.1) is 18.3 Å². The largest absolute Gasteiger partial charge is 0.393 e. The number of aliphatic hydroxyl groups is 3. The summed E-state index contributed by atoms with van der Waals surface area (Å²) in [7, 11) is 1.64. The molecular weight excluding hydrogens is 366 g/mol. The van der Waals surface area contributed by atoms with Gasteiger partial charge >= 0.3 is 0 Å². The van der Waals surface area contributed by atoms with Crippen molar-refractivity contribution < 1.29 is 20.1 Å². The Hall–Kier alpha value is -1.95. The van der Waals surface area contributed by atoms with E-state index >= 15 is 0 Å². The molecule has 1 fully saturated rings. The lowest BCUT2D eigenvalue weighted by Gasteiger charge is -2.19. The summed E-state index contributed by atoms with van der Waals surface area (Å²) in [5.74, 6) is -0.173. The first kappa shape index (κ1) is 23.3. The molecule has 1 amide bonds. The molecule has 160 valence electrons. The van der Waals surface area contributed by atoms with Crippen molar-refractivity contribution >= 4 is 5.91 Å². The molecule has 5 nitrogen and oxygen atoms in total. The summed E-state index contributed by atoms with van der Waals surface area (Å²) in [4.78, 5) is 11.2. The second-order valence-corrected chi connectivity index (χ2v) is 7.86. The third-order valence-corrected chi connectivity index (χ3v) is 5.67. The maximum absolute atomic E-state index is 11.2. The number of carbonyl (C=O) groups excluding carboxylic acids is 1. The molecule has 1 aromatic rings. The molecule has 5 atom stereocenters. The van der Waals surface area contributed by atoms with Crippen LogP contribution >= 0.6 is 0 Å². The Balaban J connectivity index is 1.80. The zero-order valence-electron chi connectivity index (χ0n) is 17.3. The number of hydrogen-bond acceptors (Lipinski definition) is 4. The fraction of sp³-hybridized carbons (Fsp3) is 0.542. The van der Waals surface area contributed by atoms with Gasteiger partial charge < -0.3 is 20.6 Å². The summed E-state index contributed by atoms with van der Waals surface area (Å²) in [6.07, 6.45) is 10.6. The van der Waals surface area contributed by atoms with Crippen LogP contribution in [0.1, 0.15) is 44.1 Å². The SMILES string of the molecule is CNC(=O)CCC/C=C/C[C@@H]1[C@@H](/C=C/[C@@H](O)CCc2ccccc2)[C@H](O)C[C@@H]1O. The number of unbranched alkanes of at least 4 members (excludes halogenated alkanes) is 1. The molecule has 0 unspecified atom stereocenters. The minimum atomic E-state index is -0.589. The lowest BCUT2D eigenvalue weighted by atomic mass is 9.89. The molecule has 0 aromatic heterocycles. The van der Waals surface area contributed by atoms with Gasteiger partial charge in [-0.05, 0) is 43.6 Å². The Morgan fingerprint density at radius 2 is 1.97 bits per heavy atom. The molecule has 0 bridgehead atoms. The van der Waals surface area contributed by atoms with Crippen LogP contribution in [0, 0.1) is 11.8 Å². The van der Waals surface area contributed by atoms with E-state index in [0.29, 0.717) is 25.7 Å². The van der Waals surface area contributed by atoms with Crippen LogP contribution in [-0.2, 0) is 11.2 Å². The van der Waals surface area contributed by atoms with Crippen LogP contribution < -0.4 is 5.32 Å². The Labute approximate surface area is 174 Å². The van der Waals surface area contributed by atoms with Gasteiger partial charge in [-0.25, -0.2) is 0 Å². The zero-order chi connectivity index (χ0) is 21.1. The molecule has 4 N–H and O–H groups in total. The molecule has 1 aliphatic rings. The second-order valence-electron chi connectivity index (χ2n) is 7.86. The lowest BCUT2D eigenvalue weighted by molar-refractivity contribution is -0.120. The van der Waals surface area contributed by atoms with Gasteiger partial charge in [0.25, 0.3) is 0 Å². The molecule has 0 heterocycles. The summed E-state index contributed by atoms with van der Waals surface area (Å²) < 4.78 is 0. The average molecular weight is 402 g/mol. The fourth-order valence-corrected chi connectivity index (χ4v) is 3.90. The Morgan fingerprint density at radius 3 is 2.69 bits per heavy atom. The van der Waals surface area contributed by atoms with Crippen molar-refractivity contribution in [1.29, 1.82) is 0 Å². The highest BCUT2D eigenvalue weighted by atomic mass is 16.3. The van der Waals surface area contributed by atoms with Gasteiger partial charge in [0.15, 0.2) is 0 Å². The van der Waals surface area contributed by atoms with Gasteiger partial charge in [0.1, 0.15) is 0 Å². The minimum absolute atomic E-state index is 0.0451. The molecular formula is C24H35NO4. The van der Waals surface area contributed by atoms with E-state index in [2.05, 4.69) is 5.32 Å². The van der Waals surface area contributed by atoms with Gasteiger partial charge in [-0.2, -0.15) is 0 Å². The summed E-state index contributed by atoms with van der Waals surface area (Å²) in [6, 6.07) is 10.0. The second kappa shape index (κ2) is 12.6. The number of nitrogens with one attached hydrogen (secondary N) is 1. The number of aliphatic hydroxyl groups excluding tert-OH is 3. The highest BCUT2D eigenvalue weighted by Crippen LogP contribution is 2.36. The van der Waals surface area contributed by atoms with Crippen molar-refractivity contribution in [3.63, 3.8) is 0 Å². The number of aryl methyl sites for hydroxylation is 1. The van der Waals surface area contributed by atoms with Crippen molar-refractivity contribution in [1.82, 2.24) is 5.32 Å². The molecule has 0 aliphatic heterocycles. The predicted octanol–water partition coefficient (Wildman–Crippen LogP) is 2.76. The Bertz CT molecular complexity index is 658. The van der Waals surface area contributed by atoms with Crippen LogP contribution in [0.5, 0.6) is 0 Å². The molecule has 0 radical (unpaired) electrons. The Kier molecular flexibility index (Phi) is 10.1. The monoisotopic (exact) mass is 401 g/mol. The molecule has 0 saturated heterocycles. The molecule has 0 spiro atoms. The van der Waals surface area contributed by atoms with E-state index in [1.807, 2.05) is 48.6 Å². The number of amides is 1. The van der Waals surface area contributed by atoms with Crippen molar-refractivity contribution in [2.45, 2.75) is 63.3 Å². The van der Waals surface area contributed by atoms with E-state index < -0.39 is 18.3 Å². The maximum Gasteiger partial charge on any atom is 0.219 e. The molecule has 5 heteroatoms. The van der Waals surface area contributed by atoms with E-state index in [1.165, 1.54) is 5.56 Å². The number of carbonyl (C=O) groups is 1. The van der Waals surface area contributed by atoms with Gasteiger partial charge in [-0.3, -0.25) is 4.79 Å². The molecule has 1 aliphatic carbocycles. The third-order valence-electron chi connectivity index (χ3n) is 5.67. The van der Waals surface area contributed by atoms with Crippen molar-refractivity contribution in [3.8, 4) is 0 Å². The van der Waals surface area contributed by atoms with Crippen LogP contribution in [-0.4, -0.2) is 46.6 Å². The normalized spacial score (nSPS) is 25.7. The highest BCUT2D eigenvalue weighted by molar-refractivity contribution is 5.75. The highest BCUT2D eigenvalue weighted by Gasteiger charge is 2.39. The first-order chi connectivity index (χ1) is 14.0. The lowest BCUT2D eigenvalue weighted by Crippen LogP contribution is -2.20. The van der Waals surface area contributed by atoms with Gasteiger partial charge in [0, 0.05) is 25.8 Å². The first-order valence-corrected chi connectivity index (χ1v) is 10.6. The van der Waals surface area contributed by atoms with Crippen LogP contribution in [0.15, 0.2) is 54.6 Å². The third kappa shape index (κ3) is 8.13. The summed E-state index contributed by atoms with van der Waals surface area (Å²) >= 11 is 0. The van der Waals surface area contributed by atoms with Crippen LogP contribution in [0.4, 0.5) is 0 Å². The van der Waals surface area contributed by atoms with Crippen LogP contribution in [0.3, 0.4) is 0 Å². The standard InChI is InChI=1S/C24H35NO4/c1-25-24(29)12-8-3-2-7-11-20-21(23(28)17-22(20)27)16-15-19(26)14-13-18-9-5-4-6-10-18/h2,4-7,9-10,15-16,19-23,26-28H,3,8,11-14,17H2,1H3,(H,25,29)/b7-2+,16-15+/t19-,20+,21+,22-,23+/m0/s1.